The first-order chi connectivity index (χ1) is 10.2. The van der Waals surface area contributed by atoms with Crippen LogP contribution in [0.25, 0.3) is 0 Å². The van der Waals surface area contributed by atoms with Crippen LogP contribution in [0.1, 0.15) is 35.9 Å². The molecule has 1 aliphatic rings. The van der Waals surface area contributed by atoms with Gasteiger partial charge in [0.1, 0.15) is 11.5 Å². The van der Waals surface area contributed by atoms with Crippen LogP contribution >= 0.6 is 0 Å². The van der Waals surface area contributed by atoms with Gasteiger partial charge >= 0.3 is 0 Å². The minimum Gasteiger partial charge on any atom is -0.504 e. The summed E-state index contributed by atoms with van der Waals surface area (Å²) in [6.07, 6.45) is 2.24. The first-order valence-corrected chi connectivity index (χ1v) is 7.20. The van der Waals surface area contributed by atoms with E-state index < -0.39 is 0 Å². The SMILES string of the molecule is COc1ccc(CN2CCCC2c2cc(C)on2)cc1O. The van der Waals surface area contributed by atoms with Crippen LogP contribution in [0.2, 0.25) is 0 Å². The molecular weight excluding hydrogens is 268 g/mol. The monoisotopic (exact) mass is 288 g/mol. The maximum absolute atomic E-state index is 9.88. The lowest BCUT2D eigenvalue weighted by atomic mass is 10.1. The molecule has 112 valence electrons. The van der Waals surface area contributed by atoms with E-state index in [4.69, 9.17) is 9.26 Å². The van der Waals surface area contributed by atoms with Gasteiger partial charge in [0.05, 0.1) is 13.2 Å². The Labute approximate surface area is 124 Å². The van der Waals surface area contributed by atoms with Gasteiger partial charge in [-0.15, -0.1) is 0 Å². The average Bonchev–Trinajstić information content (AvgIpc) is 3.08. The van der Waals surface area contributed by atoms with E-state index in [0.717, 1.165) is 42.9 Å². The number of rotatable bonds is 4. The zero-order valence-corrected chi connectivity index (χ0v) is 12.4. The number of aryl methyl sites for hydroxylation is 1. The minimum atomic E-state index is 0.183. The Hall–Kier alpha value is -2.01. The molecule has 2 aromatic rings. The Morgan fingerprint density at radius 1 is 1.43 bits per heavy atom. The largest absolute Gasteiger partial charge is 0.504 e. The average molecular weight is 288 g/mol. The van der Waals surface area contributed by atoms with Gasteiger partial charge in [-0.3, -0.25) is 4.90 Å². The van der Waals surface area contributed by atoms with E-state index in [1.54, 1.807) is 19.2 Å². The highest BCUT2D eigenvalue weighted by atomic mass is 16.5. The summed E-state index contributed by atoms with van der Waals surface area (Å²) in [6, 6.07) is 7.86. The molecular formula is C16H20N2O3. The second kappa shape index (κ2) is 5.77. The standard InChI is InChI=1S/C16H20N2O3/c1-11-8-13(17-21-11)14-4-3-7-18(14)10-12-5-6-16(20-2)15(19)9-12/h5-6,8-9,14,19H,3-4,7,10H2,1-2H3. The van der Waals surface area contributed by atoms with Crippen LogP contribution in [-0.4, -0.2) is 28.8 Å². The van der Waals surface area contributed by atoms with E-state index in [9.17, 15) is 5.11 Å². The van der Waals surface area contributed by atoms with Gasteiger partial charge in [-0.1, -0.05) is 11.2 Å². The highest BCUT2D eigenvalue weighted by molar-refractivity contribution is 5.41. The first kappa shape index (κ1) is 13.9. The normalized spacial score (nSPS) is 19.0. The second-order valence-electron chi connectivity index (χ2n) is 5.50. The van der Waals surface area contributed by atoms with Crippen molar-refractivity contribution < 1.29 is 14.4 Å². The zero-order chi connectivity index (χ0) is 14.8. The Morgan fingerprint density at radius 3 is 2.95 bits per heavy atom. The summed E-state index contributed by atoms with van der Waals surface area (Å²) in [6.45, 7) is 3.73. The summed E-state index contributed by atoms with van der Waals surface area (Å²) >= 11 is 0. The van der Waals surface area contributed by atoms with Crippen molar-refractivity contribution in [1.82, 2.24) is 10.1 Å². The van der Waals surface area contributed by atoms with Gasteiger partial charge in [-0.25, -0.2) is 0 Å². The topological polar surface area (TPSA) is 58.7 Å². The number of aromatic nitrogens is 1. The van der Waals surface area contributed by atoms with Crippen LogP contribution < -0.4 is 4.74 Å². The van der Waals surface area contributed by atoms with Crippen molar-refractivity contribution in [3.8, 4) is 11.5 Å². The van der Waals surface area contributed by atoms with Crippen molar-refractivity contribution >= 4 is 0 Å². The predicted octanol–water partition coefficient (Wildman–Crippen LogP) is 3.03. The van der Waals surface area contributed by atoms with Crippen LogP contribution in [0, 0.1) is 6.92 Å². The number of benzene rings is 1. The van der Waals surface area contributed by atoms with E-state index in [-0.39, 0.29) is 5.75 Å². The van der Waals surface area contributed by atoms with Gasteiger partial charge in [-0.05, 0) is 44.0 Å². The van der Waals surface area contributed by atoms with Crippen LogP contribution in [0.3, 0.4) is 0 Å². The molecule has 1 N–H and O–H groups in total. The fourth-order valence-electron chi connectivity index (χ4n) is 2.96. The number of nitrogens with zero attached hydrogens (tertiary/aromatic N) is 2. The van der Waals surface area contributed by atoms with Gasteiger partial charge in [0.25, 0.3) is 0 Å². The molecule has 3 rings (SSSR count). The third-order valence-electron chi connectivity index (χ3n) is 3.98. The molecule has 1 saturated heterocycles. The lowest BCUT2D eigenvalue weighted by Gasteiger charge is -2.22. The van der Waals surface area contributed by atoms with Gasteiger partial charge < -0.3 is 14.4 Å². The third kappa shape index (κ3) is 2.88. The zero-order valence-electron chi connectivity index (χ0n) is 12.4. The molecule has 1 fully saturated rings. The second-order valence-corrected chi connectivity index (χ2v) is 5.50. The van der Waals surface area contributed by atoms with Crippen LogP contribution in [0.4, 0.5) is 0 Å². The number of hydrogen-bond donors (Lipinski definition) is 1. The predicted molar refractivity (Wildman–Crippen MR) is 78.3 cm³/mol. The van der Waals surface area contributed by atoms with Crippen molar-refractivity contribution in [3.05, 3.63) is 41.3 Å². The number of phenols is 1. The van der Waals surface area contributed by atoms with Gasteiger partial charge in [0, 0.05) is 12.6 Å². The Kier molecular flexibility index (Phi) is 3.84. The summed E-state index contributed by atoms with van der Waals surface area (Å²) in [5, 5.41) is 14.0. The lowest BCUT2D eigenvalue weighted by molar-refractivity contribution is 0.236. The number of methoxy groups -OCH3 is 1. The van der Waals surface area contributed by atoms with Crippen LogP contribution in [0.5, 0.6) is 11.5 Å². The van der Waals surface area contributed by atoms with Gasteiger partial charge in [0.15, 0.2) is 11.5 Å². The smallest absolute Gasteiger partial charge is 0.160 e. The molecule has 21 heavy (non-hydrogen) atoms. The summed E-state index contributed by atoms with van der Waals surface area (Å²) in [5.74, 6) is 1.53. The Morgan fingerprint density at radius 2 is 2.29 bits per heavy atom. The molecule has 1 aromatic heterocycles. The molecule has 5 nitrogen and oxygen atoms in total. The molecule has 0 aliphatic carbocycles. The summed E-state index contributed by atoms with van der Waals surface area (Å²) in [5.41, 5.74) is 2.07. The molecule has 1 atom stereocenters. The molecule has 1 aromatic carbocycles. The Balaban J connectivity index is 1.75. The number of hydrogen-bond acceptors (Lipinski definition) is 5. The molecule has 0 bridgehead atoms. The fraction of sp³-hybridized carbons (Fsp3) is 0.438. The van der Waals surface area contributed by atoms with E-state index in [2.05, 4.69) is 10.1 Å². The van der Waals surface area contributed by atoms with E-state index in [1.165, 1.54) is 0 Å². The molecule has 0 saturated carbocycles. The highest BCUT2D eigenvalue weighted by Gasteiger charge is 2.28. The number of ether oxygens (including phenoxy) is 1. The van der Waals surface area contributed by atoms with E-state index in [0.29, 0.717) is 11.8 Å². The minimum absolute atomic E-state index is 0.183. The maximum atomic E-state index is 9.88. The number of phenolic OH excluding ortho intramolecular Hbond substituents is 1. The van der Waals surface area contributed by atoms with Crippen molar-refractivity contribution in [2.75, 3.05) is 13.7 Å². The first-order valence-electron chi connectivity index (χ1n) is 7.20. The van der Waals surface area contributed by atoms with Gasteiger partial charge in [0.2, 0.25) is 0 Å². The summed E-state index contributed by atoms with van der Waals surface area (Å²) in [7, 11) is 1.55. The number of likely N-dealkylation sites (tertiary alicyclic amines) is 1. The van der Waals surface area contributed by atoms with E-state index >= 15 is 0 Å². The van der Waals surface area contributed by atoms with Crippen molar-refractivity contribution in [2.45, 2.75) is 32.4 Å². The highest BCUT2D eigenvalue weighted by Crippen LogP contribution is 2.34. The summed E-state index contributed by atoms with van der Waals surface area (Å²) in [4.78, 5) is 2.37. The quantitative estimate of drug-likeness (QED) is 0.937. The van der Waals surface area contributed by atoms with Crippen molar-refractivity contribution in [3.63, 3.8) is 0 Å². The molecule has 0 spiro atoms. The molecule has 1 aliphatic heterocycles. The lowest BCUT2D eigenvalue weighted by Crippen LogP contribution is -2.22. The van der Waals surface area contributed by atoms with Crippen molar-refractivity contribution in [1.29, 1.82) is 0 Å². The summed E-state index contributed by atoms with van der Waals surface area (Å²) < 4.78 is 10.3. The third-order valence-corrected chi connectivity index (χ3v) is 3.98. The number of aromatic hydroxyl groups is 1. The molecule has 5 heteroatoms. The van der Waals surface area contributed by atoms with E-state index in [1.807, 2.05) is 19.1 Å². The molecule has 1 unspecified atom stereocenters. The van der Waals surface area contributed by atoms with Crippen LogP contribution in [0.15, 0.2) is 28.8 Å². The maximum Gasteiger partial charge on any atom is 0.160 e. The Bertz CT molecular complexity index is 624. The van der Waals surface area contributed by atoms with Crippen molar-refractivity contribution in [2.24, 2.45) is 0 Å². The fourth-order valence-corrected chi connectivity index (χ4v) is 2.96. The van der Waals surface area contributed by atoms with Gasteiger partial charge in [-0.2, -0.15) is 0 Å². The van der Waals surface area contributed by atoms with Crippen LogP contribution in [-0.2, 0) is 6.54 Å². The molecule has 0 amide bonds. The molecule has 2 heterocycles. The molecule has 0 radical (unpaired) electrons.